The molecule has 2 heterocycles. The van der Waals surface area contributed by atoms with Crippen molar-refractivity contribution in [2.75, 3.05) is 6.61 Å². The molecule has 7 atom stereocenters. The monoisotopic (exact) mass is 374 g/mol. The summed E-state index contributed by atoms with van der Waals surface area (Å²) in [5, 5.41) is 9.20. The van der Waals surface area contributed by atoms with Gasteiger partial charge in [-0.2, -0.15) is 0 Å². The van der Waals surface area contributed by atoms with Gasteiger partial charge in [-0.25, -0.2) is 9.59 Å². The van der Waals surface area contributed by atoms with Crippen molar-refractivity contribution < 1.29 is 28.9 Å². The van der Waals surface area contributed by atoms with Crippen molar-refractivity contribution in [1.29, 1.82) is 0 Å². The van der Waals surface area contributed by atoms with Crippen LogP contribution in [0.25, 0.3) is 0 Å². The number of carbonyl (C=O) groups is 2. The molecule has 0 aromatic carbocycles. The summed E-state index contributed by atoms with van der Waals surface area (Å²) < 4.78 is 17.5. The summed E-state index contributed by atoms with van der Waals surface area (Å²) in [6.07, 6.45) is 1.67. The third kappa shape index (κ3) is 2.61. The second kappa shape index (κ2) is 6.31. The van der Waals surface area contributed by atoms with Crippen LogP contribution in [0.15, 0.2) is 36.5 Å². The first-order chi connectivity index (χ1) is 12.8. The molecule has 27 heavy (non-hydrogen) atoms. The number of esters is 2. The highest BCUT2D eigenvalue weighted by Gasteiger charge is 2.70. The summed E-state index contributed by atoms with van der Waals surface area (Å²) in [6, 6.07) is 0. The first-order valence-corrected chi connectivity index (χ1v) is 9.52. The number of carbonyl (C=O) groups excluding carboxylic acids is 2. The van der Waals surface area contributed by atoms with Crippen molar-refractivity contribution >= 4 is 11.9 Å². The lowest BCUT2D eigenvalue weighted by Gasteiger charge is -2.46. The second-order valence-electron chi connectivity index (χ2n) is 8.31. The fourth-order valence-corrected chi connectivity index (χ4v) is 5.46. The average Bonchev–Trinajstić information content (AvgIpc) is 3.08. The highest BCUT2D eigenvalue weighted by molar-refractivity contribution is 5.88. The van der Waals surface area contributed by atoms with Crippen LogP contribution in [-0.2, 0) is 23.8 Å². The maximum atomic E-state index is 12.8. The van der Waals surface area contributed by atoms with Crippen molar-refractivity contribution in [2.45, 2.75) is 56.5 Å². The van der Waals surface area contributed by atoms with E-state index in [0.29, 0.717) is 12.8 Å². The van der Waals surface area contributed by atoms with Gasteiger partial charge in [-0.15, -0.1) is 0 Å². The summed E-state index contributed by atoms with van der Waals surface area (Å²) in [7, 11) is 0. The third-order valence-corrected chi connectivity index (χ3v) is 6.64. The minimum absolute atomic E-state index is 0.0184. The Hall–Kier alpha value is -1.92. The molecule has 0 unspecified atom stereocenters. The van der Waals surface area contributed by atoms with E-state index >= 15 is 0 Å². The molecule has 1 spiro atoms. The SMILES string of the molecule is C=C(CO)C(=O)O[C@H]1CC(=C)[C@@H]2CCC(=C)[C@@H]2[C@H]2OC(=O)[C@]3(C[C@@H](C)O3)[C@@H]21. The third-order valence-electron chi connectivity index (χ3n) is 6.64. The van der Waals surface area contributed by atoms with Crippen molar-refractivity contribution in [3.05, 3.63) is 36.5 Å². The molecule has 6 heteroatoms. The standard InChI is InChI=1S/C21H26O6/c1-10-5-6-14-11(2)7-15(25-19(23)12(3)9-22)17-18(16(10)14)26-20(24)21(17)8-13(4)27-21/h13-18,22H,1-3,5-9H2,4H3/t13-,14+,15+,16+,17-,18-,21+/m1/s1. The van der Waals surface area contributed by atoms with Crippen LogP contribution >= 0.6 is 0 Å². The van der Waals surface area contributed by atoms with Crippen LogP contribution in [0.2, 0.25) is 0 Å². The van der Waals surface area contributed by atoms with Gasteiger partial charge in [0.05, 0.1) is 24.2 Å². The van der Waals surface area contributed by atoms with Gasteiger partial charge in [0.25, 0.3) is 0 Å². The van der Waals surface area contributed by atoms with Gasteiger partial charge in [-0.05, 0) is 25.7 Å². The quantitative estimate of drug-likeness (QED) is 0.463. The molecule has 2 aliphatic heterocycles. The Balaban J connectivity index is 1.73. The van der Waals surface area contributed by atoms with E-state index in [-0.39, 0.29) is 29.5 Å². The molecule has 4 fully saturated rings. The predicted molar refractivity (Wildman–Crippen MR) is 96.5 cm³/mol. The lowest BCUT2D eigenvalue weighted by molar-refractivity contribution is -0.228. The van der Waals surface area contributed by atoms with Crippen LogP contribution in [0.3, 0.4) is 0 Å². The van der Waals surface area contributed by atoms with Crippen LogP contribution in [0.1, 0.15) is 32.6 Å². The van der Waals surface area contributed by atoms with E-state index in [4.69, 9.17) is 14.2 Å². The van der Waals surface area contributed by atoms with E-state index in [1.165, 1.54) is 0 Å². The van der Waals surface area contributed by atoms with Crippen LogP contribution in [0.5, 0.6) is 0 Å². The number of rotatable bonds is 3. The van der Waals surface area contributed by atoms with Gasteiger partial charge >= 0.3 is 11.9 Å². The molecule has 146 valence electrons. The molecule has 2 saturated carbocycles. The Morgan fingerprint density at radius 1 is 1.37 bits per heavy atom. The van der Waals surface area contributed by atoms with Crippen LogP contribution in [-0.4, -0.2) is 47.6 Å². The lowest BCUT2D eigenvalue weighted by atomic mass is 9.71. The summed E-state index contributed by atoms with van der Waals surface area (Å²) in [5.41, 5.74) is 0.945. The van der Waals surface area contributed by atoms with E-state index in [2.05, 4.69) is 19.7 Å². The molecule has 4 rings (SSSR count). The molecule has 0 bridgehead atoms. The maximum absolute atomic E-state index is 12.8. The fraction of sp³-hybridized carbons (Fsp3) is 0.619. The van der Waals surface area contributed by atoms with E-state index in [1.54, 1.807) is 0 Å². The van der Waals surface area contributed by atoms with Gasteiger partial charge < -0.3 is 19.3 Å². The van der Waals surface area contributed by atoms with Gasteiger partial charge in [0.2, 0.25) is 0 Å². The molecule has 2 saturated heterocycles. The molecule has 6 nitrogen and oxygen atoms in total. The minimum Gasteiger partial charge on any atom is -0.459 e. The van der Waals surface area contributed by atoms with Gasteiger partial charge in [-0.1, -0.05) is 30.9 Å². The van der Waals surface area contributed by atoms with Gasteiger partial charge in [0.1, 0.15) is 12.2 Å². The van der Waals surface area contributed by atoms with Gasteiger partial charge in [0.15, 0.2) is 5.60 Å². The highest BCUT2D eigenvalue weighted by atomic mass is 16.6. The van der Waals surface area contributed by atoms with Crippen LogP contribution < -0.4 is 0 Å². The zero-order valence-corrected chi connectivity index (χ0v) is 15.6. The first-order valence-electron chi connectivity index (χ1n) is 9.52. The molecule has 0 aromatic rings. The van der Waals surface area contributed by atoms with Crippen molar-refractivity contribution in [3.63, 3.8) is 0 Å². The molecule has 1 N–H and O–H groups in total. The zero-order chi connectivity index (χ0) is 19.5. The Morgan fingerprint density at radius 3 is 2.70 bits per heavy atom. The van der Waals surface area contributed by atoms with E-state index in [1.807, 2.05) is 6.92 Å². The number of hydrogen-bond acceptors (Lipinski definition) is 6. The normalized spacial score (nSPS) is 42.8. The smallest absolute Gasteiger partial charge is 0.339 e. The number of aliphatic hydroxyl groups is 1. The molecule has 2 aliphatic carbocycles. The summed E-state index contributed by atoms with van der Waals surface area (Å²) in [4.78, 5) is 25.1. The number of fused-ring (bicyclic) bond motifs is 4. The summed E-state index contributed by atoms with van der Waals surface area (Å²) in [5.74, 6) is -1.31. The van der Waals surface area contributed by atoms with E-state index < -0.39 is 36.3 Å². The molecule has 0 amide bonds. The Morgan fingerprint density at radius 2 is 2.07 bits per heavy atom. The number of ether oxygens (including phenoxy) is 3. The first kappa shape index (κ1) is 18.4. The fourth-order valence-electron chi connectivity index (χ4n) is 5.46. The van der Waals surface area contributed by atoms with Crippen LogP contribution in [0.4, 0.5) is 0 Å². The molecular weight excluding hydrogens is 348 g/mol. The van der Waals surface area contributed by atoms with Gasteiger partial charge in [0, 0.05) is 18.8 Å². The molecule has 0 radical (unpaired) electrons. The largest absolute Gasteiger partial charge is 0.459 e. The number of hydrogen-bond donors (Lipinski definition) is 1. The molecule has 4 aliphatic rings. The lowest BCUT2D eigenvalue weighted by Crippen LogP contribution is -2.60. The van der Waals surface area contributed by atoms with Gasteiger partial charge in [-0.3, -0.25) is 0 Å². The Bertz CT molecular complexity index is 731. The Labute approximate surface area is 158 Å². The van der Waals surface area contributed by atoms with E-state index in [9.17, 15) is 14.7 Å². The maximum Gasteiger partial charge on any atom is 0.339 e. The molecular formula is C21H26O6. The highest BCUT2D eigenvalue weighted by Crippen LogP contribution is 2.58. The zero-order valence-electron chi connectivity index (χ0n) is 15.6. The summed E-state index contributed by atoms with van der Waals surface area (Å²) >= 11 is 0. The Kier molecular flexibility index (Phi) is 4.31. The van der Waals surface area contributed by atoms with Crippen molar-refractivity contribution in [1.82, 2.24) is 0 Å². The van der Waals surface area contributed by atoms with Crippen molar-refractivity contribution in [2.24, 2.45) is 17.8 Å². The number of aliphatic hydroxyl groups excluding tert-OH is 1. The second-order valence-corrected chi connectivity index (χ2v) is 8.31. The summed E-state index contributed by atoms with van der Waals surface area (Å²) in [6.45, 7) is 13.4. The predicted octanol–water partition coefficient (Wildman–Crippen LogP) is 2.08. The van der Waals surface area contributed by atoms with E-state index in [0.717, 1.165) is 24.0 Å². The topological polar surface area (TPSA) is 82.1 Å². The van der Waals surface area contributed by atoms with Crippen LogP contribution in [0, 0.1) is 17.8 Å². The molecule has 0 aromatic heterocycles. The minimum atomic E-state index is -1.08. The average molecular weight is 374 g/mol. The van der Waals surface area contributed by atoms with Crippen molar-refractivity contribution in [3.8, 4) is 0 Å².